The Morgan fingerprint density at radius 2 is 2.05 bits per heavy atom. The summed E-state index contributed by atoms with van der Waals surface area (Å²) in [6.07, 6.45) is 0.281. The first-order chi connectivity index (χ1) is 10.0. The van der Waals surface area contributed by atoms with Gasteiger partial charge >= 0.3 is 5.97 Å². The molecular weight excluding hydrogens is 296 g/mol. The highest BCUT2D eigenvalue weighted by Crippen LogP contribution is 2.22. The lowest BCUT2D eigenvalue weighted by Gasteiger charge is -2.10. The maximum absolute atomic E-state index is 11.9. The van der Waals surface area contributed by atoms with Gasteiger partial charge in [0.2, 0.25) is 0 Å². The van der Waals surface area contributed by atoms with Crippen molar-refractivity contribution >= 4 is 23.5 Å². The fourth-order valence-corrected chi connectivity index (χ4v) is 1.83. The standard InChI is InChI=1S/C14H13ClN2O4/c1-2-10(14(19)20)16-13(18)11-7-12(21-17-11)8-3-5-9(15)6-4-8/h3-7,10H,2H2,1H3,(H,16,18)(H,19,20)/t10-/m0/s1. The van der Waals surface area contributed by atoms with Crippen LogP contribution in [0, 0.1) is 0 Å². The first kappa shape index (κ1) is 15.1. The summed E-state index contributed by atoms with van der Waals surface area (Å²) >= 11 is 5.79. The molecule has 1 amide bonds. The number of rotatable bonds is 5. The Bertz CT molecular complexity index is 651. The second-order valence-corrected chi connectivity index (χ2v) is 4.79. The molecule has 2 rings (SSSR count). The summed E-state index contributed by atoms with van der Waals surface area (Å²) < 4.78 is 5.09. The van der Waals surface area contributed by atoms with Gasteiger partial charge in [-0.2, -0.15) is 0 Å². The van der Waals surface area contributed by atoms with E-state index in [0.29, 0.717) is 10.8 Å². The van der Waals surface area contributed by atoms with Gasteiger partial charge in [0, 0.05) is 16.7 Å². The van der Waals surface area contributed by atoms with E-state index in [1.54, 1.807) is 31.2 Å². The number of carbonyl (C=O) groups is 2. The zero-order valence-corrected chi connectivity index (χ0v) is 11.9. The van der Waals surface area contributed by atoms with Gasteiger partial charge < -0.3 is 14.9 Å². The maximum Gasteiger partial charge on any atom is 0.326 e. The fraction of sp³-hybridized carbons (Fsp3) is 0.214. The Hall–Kier alpha value is -2.34. The van der Waals surface area contributed by atoms with Crippen LogP contribution in [0.25, 0.3) is 11.3 Å². The molecule has 6 nitrogen and oxygen atoms in total. The lowest BCUT2D eigenvalue weighted by Crippen LogP contribution is -2.40. The van der Waals surface area contributed by atoms with E-state index in [-0.39, 0.29) is 12.1 Å². The quantitative estimate of drug-likeness (QED) is 0.885. The van der Waals surface area contributed by atoms with Crippen LogP contribution in [0.4, 0.5) is 0 Å². The zero-order valence-electron chi connectivity index (χ0n) is 11.2. The minimum atomic E-state index is -1.09. The summed E-state index contributed by atoms with van der Waals surface area (Å²) in [4.78, 5) is 22.8. The maximum atomic E-state index is 11.9. The molecule has 0 radical (unpaired) electrons. The average Bonchev–Trinajstić information content (AvgIpc) is 2.94. The molecule has 1 heterocycles. The summed E-state index contributed by atoms with van der Waals surface area (Å²) in [5.41, 5.74) is 0.746. The van der Waals surface area contributed by atoms with Crippen molar-refractivity contribution in [1.29, 1.82) is 0 Å². The molecule has 1 atom stereocenters. The van der Waals surface area contributed by atoms with Gasteiger partial charge in [-0.1, -0.05) is 23.7 Å². The number of nitrogens with zero attached hydrogens (tertiary/aromatic N) is 1. The monoisotopic (exact) mass is 308 g/mol. The molecule has 2 N–H and O–H groups in total. The Morgan fingerprint density at radius 3 is 2.62 bits per heavy atom. The molecule has 7 heteroatoms. The molecule has 21 heavy (non-hydrogen) atoms. The molecule has 1 aromatic carbocycles. The van der Waals surface area contributed by atoms with Gasteiger partial charge in [0.25, 0.3) is 5.91 Å². The molecule has 110 valence electrons. The number of hydrogen-bond acceptors (Lipinski definition) is 4. The van der Waals surface area contributed by atoms with Crippen LogP contribution in [0.3, 0.4) is 0 Å². The first-order valence-electron chi connectivity index (χ1n) is 6.27. The highest BCUT2D eigenvalue weighted by molar-refractivity contribution is 6.30. The lowest BCUT2D eigenvalue weighted by molar-refractivity contribution is -0.139. The molecular formula is C14H13ClN2O4. The van der Waals surface area contributed by atoms with Crippen molar-refractivity contribution in [1.82, 2.24) is 10.5 Å². The van der Waals surface area contributed by atoms with Gasteiger partial charge in [-0.25, -0.2) is 4.79 Å². The van der Waals surface area contributed by atoms with E-state index >= 15 is 0 Å². The van der Waals surface area contributed by atoms with Crippen LogP contribution in [0.15, 0.2) is 34.9 Å². The molecule has 1 aromatic heterocycles. The van der Waals surface area contributed by atoms with E-state index in [1.165, 1.54) is 6.07 Å². The highest BCUT2D eigenvalue weighted by atomic mass is 35.5. The van der Waals surface area contributed by atoms with Crippen LogP contribution in [-0.2, 0) is 4.79 Å². The van der Waals surface area contributed by atoms with Crippen molar-refractivity contribution < 1.29 is 19.2 Å². The largest absolute Gasteiger partial charge is 0.480 e. The third kappa shape index (κ3) is 3.61. The number of carboxylic acids is 1. The number of benzene rings is 1. The summed E-state index contributed by atoms with van der Waals surface area (Å²) in [5.74, 6) is -1.28. The predicted molar refractivity (Wildman–Crippen MR) is 76.1 cm³/mol. The van der Waals surface area contributed by atoms with Gasteiger partial charge in [0.1, 0.15) is 6.04 Å². The molecule has 0 aliphatic rings. The topological polar surface area (TPSA) is 92.4 Å². The predicted octanol–water partition coefficient (Wildman–Crippen LogP) is 2.59. The molecule has 0 bridgehead atoms. The van der Waals surface area contributed by atoms with Gasteiger partial charge in [-0.05, 0) is 30.7 Å². The van der Waals surface area contributed by atoms with Gasteiger partial charge in [-0.15, -0.1) is 0 Å². The minimum Gasteiger partial charge on any atom is -0.480 e. The van der Waals surface area contributed by atoms with E-state index in [1.807, 2.05) is 0 Å². The SMILES string of the molecule is CC[C@H](NC(=O)c1cc(-c2ccc(Cl)cc2)on1)C(=O)O. The van der Waals surface area contributed by atoms with E-state index in [4.69, 9.17) is 21.2 Å². The Labute approximate surface area is 125 Å². The average molecular weight is 309 g/mol. The van der Waals surface area contributed by atoms with Crippen molar-refractivity contribution in [3.8, 4) is 11.3 Å². The van der Waals surface area contributed by atoms with Gasteiger partial charge in [0.05, 0.1) is 0 Å². The number of amides is 1. The van der Waals surface area contributed by atoms with Crippen LogP contribution < -0.4 is 5.32 Å². The van der Waals surface area contributed by atoms with Crippen molar-refractivity contribution in [2.45, 2.75) is 19.4 Å². The number of nitrogens with one attached hydrogen (secondary N) is 1. The normalized spacial score (nSPS) is 11.9. The van der Waals surface area contributed by atoms with Crippen LogP contribution in [-0.4, -0.2) is 28.2 Å². The Balaban J connectivity index is 2.14. The van der Waals surface area contributed by atoms with E-state index in [0.717, 1.165) is 5.56 Å². The van der Waals surface area contributed by atoms with E-state index < -0.39 is 17.9 Å². The van der Waals surface area contributed by atoms with Gasteiger partial charge in [0.15, 0.2) is 11.5 Å². The Morgan fingerprint density at radius 1 is 1.38 bits per heavy atom. The third-order valence-electron chi connectivity index (χ3n) is 2.88. The van der Waals surface area contributed by atoms with Crippen LogP contribution in [0.5, 0.6) is 0 Å². The summed E-state index contributed by atoms with van der Waals surface area (Å²) in [7, 11) is 0. The summed E-state index contributed by atoms with van der Waals surface area (Å²) in [6.45, 7) is 1.67. The molecule has 0 fully saturated rings. The zero-order chi connectivity index (χ0) is 15.4. The molecule has 0 aliphatic carbocycles. The van der Waals surface area contributed by atoms with Crippen molar-refractivity contribution in [3.63, 3.8) is 0 Å². The molecule has 0 unspecified atom stereocenters. The second-order valence-electron chi connectivity index (χ2n) is 4.36. The number of halogens is 1. The first-order valence-corrected chi connectivity index (χ1v) is 6.65. The third-order valence-corrected chi connectivity index (χ3v) is 3.14. The molecule has 0 saturated carbocycles. The second kappa shape index (κ2) is 6.41. The number of hydrogen-bond donors (Lipinski definition) is 2. The number of aliphatic carboxylic acids is 1. The van der Waals surface area contributed by atoms with Gasteiger partial charge in [-0.3, -0.25) is 4.79 Å². The molecule has 0 spiro atoms. The summed E-state index contributed by atoms with van der Waals surface area (Å²) in [5, 5.41) is 15.5. The van der Waals surface area contributed by atoms with Crippen LogP contribution in [0.2, 0.25) is 5.02 Å². The molecule has 0 aliphatic heterocycles. The van der Waals surface area contributed by atoms with Crippen molar-refractivity contribution in [2.24, 2.45) is 0 Å². The molecule has 0 saturated heterocycles. The van der Waals surface area contributed by atoms with Crippen molar-refractivity contribution in [3.05, 3.63) is 41.0 Å². The van der Waals surface area contributed by atoms with E-state index in [2.05, 4.69) is 10.5 Å². The highest BCUT2D eigenvalue weighted by Gasteiger charge is 2.21. The number of carbonyl (C=O) groups excluding carboxylic acids is 1. The van der Waals surface area contributed by atoms with E-state index in [9.17, 15) is 9.59 Å². The van der Waals surface area contributed by atoms with Crippen LogP contribution >= 0.6 is 11.6 Å². The number of aromatic nitrogens is 1. The lowest BCUT2D eigenvalue weighted by atomic mass is 10.1. The summed E-state index contributed by atoms with van der Waals surface area (Å²) in [6, 6.07) is 7.35. The smallest absolute Gasteiger partial charge is 0.326 e. The fourth-order valence-electron chi connectivity index (χ4n) is 1.70. The molecule has 2 aromatic rings. The number of carboxylic acid groups (broad SMARTS) is 1. The Kier molecular flexibility index (Phi) is 4.59. The van der Waals surface area contributed by atoms with Crippen LogP contribution in [0.1, 0.15) is 23.8 Å². The minimum absolute atomic E-state index is 0.0275. The van der Waals surface area contributed by atoms with Crippen molar-refractivity contribution in [2.75, 3.05) is 0 Å².